The van der Waals surface area contributed by atoms with E-state index in [1.165, 1.54) is 18.2 Å². The molecule has 0 radical (unpaired) electrons. The van der Waals surface area contributed by atoms with Crippen LogP contribution in [0.4, 0.5) is 19.4 Å². The van der Waals surface area contributed by atoms with Crippen molar-refractivity contribution in [3.8, 4) is 0 Å². The fourth-order valence-corrected chi connectivity index (χ4v) is 3.59. The monoisotopic (exact) mass is 404 g/mol. The van der Waals surface area contributed by atoms with Gasteiger partial charge in [-0.05, 0) is 12.0 Å². The molecule has 0 aliphatic heterocycles. The van der Waals surface area contributed by atoms with Gasteiger partial charge >= 0.3 is 16.2 Å². The third-order valence-corrected chi connectivity index (χ3v) is 5.29. The van der Waals surface area contributed by atoms with Crippen LogP contribution >= 0.6 is 10.2 Å². The normalized spacial score (nSPS) is 17.0. The Morgan fingerprint density at radius 2 is 1.54 bits per heavy atom. The summed E-state index contributed by atoms with van der Waals surface area (Å²) in [6.45, 7) is 1.64. The first-order valence-corrected chi connectivity index (χ1v) is 10.5. The van der Waals surface area contributed by atoms with Crippen molar-refractivity contribution in [2.75, 3.05) is 6.61 Å². The van der Waals surface area contributed by atoms with Gasteiger partial charge in [0.15, 0.2) is 0 Å². The molecular formula is C17H25F5O3S. The molecule has 26 heavy (non-hydrogen) atoms. The van der Waals surface area contributed by atoms with E-state index in [0.717, 1.165) is 37.8 Å². The number of hydrogen-bond donors (Lipinski definition) is 1. The van der Waals surface area contributed by atoms with E-state index >= 15 is 0 Å². The molecular weight excluding hydrogens is 379 g/mol. The van der Waals surface area contributed by atoms with E-state index < -0.39 is 39.7 Å². The molecule has 0 saturated heterocycles. The number of hydrogen-bond acceptors (Lipinski definition) is 3. The fraction of sp³-hybridized carbons (Fsp3) is 0.588. The lowest BCUT2D eigenvalue weighted by molar-refractivity contribution is -0.146. The van der Waals surface area contributed by atoms with Crippen molar-refractivity contribution in [3.63, 3.8) is 0 Å². The van der Waals surface area contributed by atoms with Gasteiger partial charge in [0.05, 0.1) is 6.61 Å². The predicted octanol–water partition coefficient (Wildman–Crippen LogP) is 6.29. The number of carbonyl (C=O) groups is 1. The third-order valence-electron chi connectivity index (χ3n) is 3.88. The molecule has 0 bridgehead atoms. The SMILES string of the molecule is CCCCCCCCOC(=O)[C@@H]([C@H](O)c1ccccc1)S(F)(F)(F)(F)F. The second-order valence-electron chi connectivity index (χ2n) is 6.24. The van der Waals surface area contributed by atoms with E-state index in [9.17, 15) is 29.3 Å². The van der Waals surface area contributed by atoms with Gasteiger partial charge in [0, 0.05) is 0 Å². The summed E-state index contributed by atoms with van der Waals surface area (Å²) < 4.78 is 71.0. The van der Waals surface area contributed by atoms with E-state index in [4.69, 9.17) is 0 Å². The summed E-state index contributed by atoms with van der Waals surface area (Å²) in [5.74, 6) is -2.14. The van der Waals surface area contributed by atoms with Gasteiger partial charge in [0.1, 0.15) is 6.10 Å². The molecule has 1 aromatic carbocycles. The number of ether oxygens (including phenoxy) is 1. The van der Waals surface area contributed by atoms with Crippen molar-refractivity contribution in [3.05, 3.63) is 35.9 Å². The Bertz CT molecular complexity index is 577. The lowest BCUT2D eigenvalue weighted by Crippen LogP contribution is -2.40. The second kappa shape index (κ2) is 8.12. The summed E-state index contributed by atoms with van der Waals surface area (Å²) >= 11 is 0. The van der Waals surface area contributed by atoms with Crippen molar-refractivity contribution in [2.45, 2.75) is 56.8 Å². The van der Waals surface area contributed by atoms with Crippen LogP contribution in [0.2, 0.25) is 0 Å². The number of benzene rings is 1. The van der Waals surface area contributed by atoms with E-state index in [1.54, 1.807) is 0 Å². The van der Waals surface area contributed by atoms with Crippen molar-refractivity contribution >= 4 is 16.2 Å². The first kappa shape index (κ1) is 22.7. The Labute approximate surface area is 150 Å². The van der Waals surface area contributed by atoms with Gasteiger partial charge in [0.2, 0.25) is 5.25 Å². The zero-order chi connectivity index (χ0) is 19.9. The molecule has 0 fully saturated rings. The lowest BCUT2D eigenvalue weighted by Gasteiger charge is -2.46. The highest BCUT2D eigenvalue weighted by molar-refractivity contribution is 8.46. The molecule has 1 aromatic rings. The molecule has 9 heteroatoms. The average Bonchev–Trinajstić information content (AvgIpc) is 2.52. The topological polar surface area (TPSA) is 46.5 Å². The van der Waals surface area contributed by atoms with Gasteiger partial charge in [-0.2, -0.15) is 0 Å². The standard InChI is InChI=1S/C17H25F5O3S/c1-2-3-4-5-6-10-13-25-17(24)16(26(18,19,20,21)22)15(23)14-11-8-7-9-12-14/h7-9,11-12,15-16,23H,2-6,10,13H2,1H3/t15-,16-/m1/s1. The molecule has 0 aliphatic carbocycles. The summed E-state index contributed by atoms with van der Waals surface area (Å²) in [5.41, 5.74) is -0.428. The van der Waals surface area contributed by atoms with Crippen LogP contribution in [0, 0.1) is 0 Å². The van der Waals surface area contributed by atoms with Gasteiger partial charge in [-0.1, -0.05) is 88.8 Å². The minimum absolute atomic E-state index is 0.282. The van der Waals surface area contributed by atoms with Gasteiger partial charge in [0.25, 0.3) is 0 Å². The summed E-state index contributed by atoms with van der Waals surface area (Å²) in [7, 11) is -10.3. The van der Waals surface area contributed by atoms with Gasteiger partial charge < -0.3 is 9.84 Å². The molecule has 0 unspecified atom stereocenters. The Balaban J connectivity index is 2.79. The molecule has 0 amide bonds. The number of carbonyl (C=O) groups excluding carboxylic acids is 1. The fourth-order valence-electron chi connectivity index (χ4n) is 2.52. The molecule has 1 rings (SSSR count). The number of aliphatic hydroxyl groups is 1. The summed E-state index contributed by atoms with van der Waals surface area (Å²) in [6.07, 6.45) is 1.99. The molecule has 0 spiro atoms. The minimum atomic E-state index is -10.3. The molecule has 152 valence electrons. The molecule has 0 saturated carbocycles. The third kappa shape index (κ3) is 7.49. The Hall–Kier alpha value is -1.35. The first-order chi connectivity index (χ1) is 11.9. The van der Waals surface area contributed by atoms with Crippen LogP contribution in [-0.2, 0) is 9.53 Å². The molecule has 0 aliphatic rings. The molecule has 0 heterocycles. The van der Waals surface area contributed by atoms with Crippen molar-refractivity contribution in [1.29, 1.82) is 0 Å². The van der Waals surface area contributed by atoms with Crippen LogP contribution in [0.5, 0.6) is 0 Å². The number of aliphatic hydroxyl groups excluding tert-OH is 1. The van der Waals surface area contributed by atoms with Crippen LogP contribution in [-0.4, -0.2) is 22.9 Å². The number of esters is 1. The molecule has 1 N–H and O–H groups in total. The van der Waals surface area contributed by atoms with Crippen molar-refractivity contribution in [2.24, 2.45) is 0 Å². The molecule has 0 aromatic heterocycles. The van der Waals surface area contributed by atoms with E-state index in [0.29, 0.717) is 6.42 Å². The summed E-state index contributed by atoms with van der Waals surface area (Å²) in [6, 6.07) is 6.09. The van der Waals surface area contributed by atoms with Crippen LogP contribution in [0.15, 0.2) is 30.3 Å². The van der Waals surface area contributed by atoms with Gasteiger partial charge in [-0.15, -0.1) is 0 Å². The number of halogens is 5. The Morgan fingerprint density at radius 1 is 1.00 bits per heavy atom. The predicted molar refractivity (Wildman–Crippen MR) is 92.7 cm³/mol. The first-order valence-electron chi connectivity index (χ1n) is 8.49. The average molecular weight is 404 g/mol. The van der Waals surface area contributed by atoms with Crippen molar-refractivity contribution in [1.82, 2.24) is 0 Å². The maximum absolute atomic E-state index is 13.3. The highest BCUT2D eigenvalue weighted by Gasteiger charge is 2.75. The smallest absolute Gasteiger partial charge is 0.331 e. The molecule has 2 atom stereocenters. The van der Waals surface area contributed by atoms with Crippen LogP contribution < -0.4 is 0 Å². The van der Waals surface area contributed by atoms with Crippen LogP contribution in [0.3, 0.4) is 0 Å². The quantitative estimate of drug-likeness (QED) is 0.268. The molecule has 3 nitrogen and oxygen atoms in total. The van der Waals surface area contributed by atoms with Crippen LogP contribution in [0.25, 0.3) is 0 Å². The maximum Gasteiger partial charge on any atom is 0.331 e. The van der Waals surface area contributed by atoms with Crippen molar-refractivity contribution < 1.29 is 34.1 Å². The second-order valence-corrected chi connectivity index (χ2v) is 8.81. The van der Waals surface area contributed by atoms with Crippen LogP contribution in [0.1, 0.15) is 57.1 Å². The van der Waals surface area contributed by atoms with E-state index in [1.807, 2.05) is 6.92 Å². The van der Waals surface area contributed by atoms with Gasteiger partial charge in [-0.3, -0.25) is 4.79 Å². The van der Waals surface area contributed by atoms with E-state index in [-0.39, 0.29) is 6.42 Å². The Kier molecular flexibility index (Phi) is 7.09. The highest BCUT2D eigenvalue weighted by atomic mass is 32.5. The highest BCUT2D eigenvalue weighted by Crippen LogP contribution is 3.01. The summed E-state index contributed by atoms with van der Waals surface area (Å²) in [5, 5.41) is 5.95. The number of rotatable bonds is 11. The summed E-state index contributed by atoms with van der Waals surface area (Å²) in [4.78, 5) is 11.8. The van der Waals surface area contributed by atoms with E-state index in [2.05, 4.69) is 4.74 Å². The minimum Gasteiger partial charge on any atom is -0.465 e. The lowest BCUT2D eigenvalue weighted by atomic mass is 10.1. The largest absolute Gasteiger partial charge is 0.465 e. The number of unbranched alkanes of at least 4 members (excludes halogenated alkanes) is 5. The maximum atomic E-state index is 13.3. The van der Waals surface area contributed by atoms with Gasteiger partial charge in [-0.25, -0.2) is 0 Å². The zero-order valence-electron chi connectivity index (χ0n) is 14.6. The zero-order valence-corrected chi connectivity index (χ0v) is 15.4. The Morgan fingerprint density at radius 3 is 2.08 bits per heavy atom.